The maximum Gasteiger partial charge on any atom is 0.224 e. The van der Waals surface area contributed by atoms with Crippen LogP contribution in [0.3, 0.4) is 0 Å². The van der Waals surface area contributed by atoms with Gasteiger partial charge in [0, 0.05) is 55.4 Å². The number of hydrogen-bond donors (Lipinski definition) is 1. The first-order valence-corrected chi connectivity index (χ1v) is 9.34. The molecule has 3 heterocycles. The average molecular weight is 322 g/mol. The van der Waals surface area contributed by atoms with Crippen LogP contribution >= 0.6 is 11.8 Å². The first-order valence-electron chi connectivity index (χ1n) is 8.18. The van der Waals surface area contributed by atoms with Crippen LogP contribution in [0.2, 0.25) is 0 Å². The van der Waals surface area contributed by atoms with Gasteiger partial charge < -0.3 is 10.2 Å². The van der Waals surface area contributed by atoms with Gasteiger partial charge in [-0.1, -0.05) is 0 Å². The Morgan fingerprint density at radius 3 is 2.91 bits per heavy atom. The van der Waals surface area contributed by atoms with Gasteiger partial charge in [-0.25, -0.2) is 0 Å². The van der Waals surface area contributed by atoms with E-state index in [0.717, 1.165) is 43.1 Å². The van der Waals surface area contributed by atoms with E-state index in [0.29, 0.717) is 18.4 Å². The predicted octanol–water partition coefficient (Wildman–Crippen LogP) is 1.80. The highest BCUT2D eigenvalue weighted by Crippen LogP contribution is 2.36. The van der Waals surface area contributed by atoms with Crippen molar-refractivity contribution in [3.63, 3.8) is 0 Å². The van der Waals surface area contributed by atoms with Gasteiger partial charge in [-0.2, -0.15) is 16.9 Å². The van der Waals surface area contributed by atoms with E-state index in [1.807, 2.05) is 23.5 Å². The van der Waals surface area contributed by atoms with Crippen molar-refractivity contribution >= 4 is 17.7 Å². The Labute approximate surface area is 136 Å². The Morgan fingerprint density at radius 1 is 1.45 bits per heavy atom. The molecule has 2 atom stereocenters. The topological polar surface area (TPSA) is 50.2 Å². The van der Waals surface area contributed by atoms with Gasteiger partial charge >= 0.3 is 0 Å². The fraction of sp³-hybridized carbons (Fsp3) is 0.750. The number of likely N-dealkylation sites (tertiary alicyclic amines) is 1. The summed E-state index contributed by atoms with van der Waals surface area (Å²) in [6.07, 6.45) is 2.78. The van der Waals surface area contributed by atoms with Gasteiger partial charge in [0.15, 0.2) is 0 Å². The fourth-order valence-electron chi connectivity index (χ4n) is 3.72. The van der Waals surface area contributed by atoms with Crippen molar-refractivity contribution in [1.82, 2.24) is 20.0 Å². The highest BCUT2D eigenvalue weighted by molar-refractivity contribution is 7.99. The highest BCUT2D eigenvalue weighted by atomic mass is 32.2. The van der Waals surface area contributed by atoms with Crippen LogP contribution in [0.1, 0.15) is 42.3 Å². The van der Waals surface area contributed by atoms with E-state index in [-0.39, 0.29) is 6.04 Å². The highest BCUT2D eigenvalue weighted by Gasteiger charge is 2.34. The number of amides is 1. The third-order valence-electron chi connectivity index (χ3n) is 4.89. The molecule has 3 rings (SSSR count). The second kappa shape index (κ2) is 6.62. The minimum atomic E-state index is 0.220. The quantitative estimate of drug-likeness (QED) is 0.922. The van der Waals surface area contributed by atoms with E-state index in [1.54, 1.807) is 0 Å². The van der Waals surface area contributed by atoms with E-state index < -0.39 is 0 Å². The summed E-state index contributed by atoms with van der Waals surface area (Å²) in [6.45, 7) is 6.07. The third kappa shape index (κ3) is 3.04. The van der Waals surface area contributed by atoms with Gasteiger partial charge in [-0.15, -0.1) is 0 Å². The maximum atomic E-state index is 12.8. The van der Waals surface area contributed by atoms with Gasteiger partial charge in [0.1, 0.15) is 0 Å². The second-order valence-corrected chi connectivity index (χ2v) is 7.53. The molecule has 0 aromatic carbocycles. The Morgan fingerprint density at radius 2 is 2.27 bits per heavy atom. The number of carbonyl (C=O) groups excluding carboxylic acids is 1. The average Bonchev–Trinajstić information content (AvgIpc) is 3.06. The van der Waals surface area contributed by atoms with Gasteiger partial charge in [0.25, 0.3) is 0 Å². The molecule has 6 heteroatoms. The standard InChI is InChI=1S/C16H26N4OS/c1-11-16(12(2)19(3)18-11)14-5-4-7-20(14)15(21)9-13-10-22-8-6-17-13/h13-14,17H,4-10H2,1-3H3. The summed E-state index contributed by atoms with van der Waals surface area (Å²) in [7, 11) is 1.98. The van der Waals surface area contributed by atoms with Crippen molar-refractivity contribution in [3.8, 4) is 0 Å². The molecule has 0 saturated carbocycles. The first-order chi connectivity index (χ1) is 10.6. The number of hydrogen-bond acceptors (Lipinski definition) is 4. The molecule has 0 aliphatic carbocycles. The molecule has 1 N–H and O–H groups in total. The summed E-state index contributed by atoms with van der Waals surface area (Å²) >= 11 is 1.95. The molecule has 0 spiro atoms. The number of rotatable bonds is 3. The SMILES string of the molecule is Cc1nn(C)c(C)c1C1CCCN1C(=O)CC1CSCCN1. The first kappa shape index (κ1) is 15.9. The molecule has 2 aliphatic heterocycles. The predicted molar refractivity (Wildman–Crippen MR) is 90.1 cm³/mol. The van der Waals surface area contributed by atoms with Crippen molar-refractivity contribution < 1.29 is 4.79 Å². The minimum absolute atomic E-state index is 0.220. The van der Waals surface area contributed by atoms with Gasteiger partial charge in [-0.3, -0.25) is 9.48 Å². The molecule has 2 aliphatic rings. The smallest absolute Gasteiger partial charge is 0.224 e. The van der Waals surface area contributed by atoms with E-state index in [1.165, 1.54) is 11.3 Å². The van der Waals surface area contributed by atoms with Crippen LogP contribution < -0.4 is 5.32 Å². The van der Waals surface area contributed by atoms with Crippen LogP contribution in [0.5, 0.6) is 0 Å². The van der Waals surface area contributed by atoms with Crippen molar-refractivity contribution in [3.05, 3.63) is 17.0 Å². The Balaban J connectivity index is 1.73. The molecule has 122 valence electrons. The van der Waals surface area contributed by atoms with Gasteiger partial charge in [0.2, 0.25) is 5.91 Å². The number of aromatic nitrogens is 2. The number of thioether (sulfide) groups is 1. The summed E-state index contributed by atoms with van der Waals surface area (Å²) in [6, 6.07) is 0.557. The van der Waals surface area contributed by atoms with Crippen LogP contribution in [0.15, 0.2) is 0 Å². The van der Waals surface area contributed by atoms with Crippen molar-refractivity contribution in [2.24, 2.45) is 7.05 Å². The molecule has 22 heavy (non-hydrogen) atoms. The molecule has 1 aromatic rings. The van der Waals surface area contributed by atoms with E-state index in [2.05, 4.69) is 29.2 Å². The van der Waals surface area contributed by atoms with E-state index in [4.69, 9.17) is 0 Å². The molecule has 5 nitrogen and oxygen atoms in total. The number of nitrogens with zero attached hydrogens (tertiary/aromatic N) is 3. The lowest BCUT2D eigenvalue weighted by atomic mass is 10.0. The normalized spacial score (nSPS) is 25.7. The van der Waals surface area contributed by atoms with Crippen LogP contribution in [0.25, 0.3) is 0 Å². The molecule has 0 radical (unpaired) electrons. The Bertz CT molecular complexity index is 551. The Kier molecular flexibility index (Phi) is 4.78. The van der Waals surface area contributed by atoms with Crippen LogP contribution in [0, 0.1) is 13.8 Å². The second-order valence-electron chi connectivity index (χ2n) is 6.38. The van der Waals surface area contributed by atoms with Crippen molar-refractivity contribution in [2.45, 2.75) is 45.2 Å². The molecular weight excluding hydrogens is 296 g/mol. The largest absolute Gasteiger partial charge is 0.335 e. The lowest BCUT2D eigenvalue weighted by Crippen LogP contribution is -2.42. The summed E-state index contributed by atoms with van der Waals surface area (Å²) in [4.78, 5) is 14.9. The zero-order valence-corrected chi connectivity index (χ0v) is 14.6. The fourth-order valence-corrected chi connectivity index (χ4v) is 4.67. The summed E-state index contributed by atoms with van der Waals surface area (Å²) in [5.74, 6) is 2.51. The molecule has 1 aromatic heterocycles. The lowest BCUT2D eigenvalue weighted by Gasteiger charge is -2.29. The monoisotopic (exact) mass is 322 g/mol. The molecule has 0 bridgehead atoms. The minimum Gasteiger partial charge on any atom is -0.335 e. The molecule has 2 fully saturated rings. The lowest BCUT2D eigenvalue weighted by molar-refractivity contribution is -0.132. The van der Waals surface area contributed by atoms with Crippen molar-refractivity contribution in [1.29, 1.82) is 0 Å². The third-order valence-corrected chi connectivity index (χ3v) is 6.02. The Hall–Kier alpha value is -1.01. The van der Waals surface area contributed by atoms with Crippen LogP contribution in [-0.4, -0.2) is 51.2 Å². The van der Waals surface area contributed by atoms with Crippen molar-refractivity contribution in [2.75, 3.05) is 24.6 Å². The molecule has 2 saturated heterocycles. The van der Waals surface area contributed by atoms with Crippen LogP contribution in [-0.2, 0) is 11.8 Å². The summed E-state index contributed by atoms with van der Waals surface area (Å²) in [5, 5.41) is 8.00. The van der Waals surface area contributed by atoms with E-state index in [9.17, 15) is 4.79 Å². The molecule has 2 unspecified atom stereocenters. The number of carbonyl (C=O) groups is 1. The van der Waals surface area contributed by atoms with Gasteiger partial charge in [0.05, 0.1) is 11.7 Å². The maximum absolute atomic E-state index is 12.8. The van der Waals surface area contributed by atoms with Gasteiger partial charge in [-0.05, 0) is 26.7 Å². The summed E-state index contributed by atoms with van der Waals surface area (Å²) < 4.78 is 1.94. The zero-order chi connectivity index (χ0) is 15.7. The number of aryl methyl sites for hydroxylation is 2. The summed E-state index contributed by atoms with van der Waals surface area (Å²) in [5.41, 5.74) is 3.52. The van der Waals surface area contributed by atoms with Crippen LogP contribution in [0.4, 0.5) is 0 Å². The van der Waals surface area contributed by atoms with E-state index >= 15 is 0 Å². The molecular formula is C16H26N4OS. The number of nitrogens with one attached hydrogen (secondary N) is 1. The molecule has 1 amide bonds. The zero-order valence-electron chi connectivity index (χ0n) is 13.8.